The van der Waals surface area contributed by atoms with Crippen molar-refractivity contribution >= 4 is 34.4 Å². The summed E-state index contributed by atoms with van der Waals surface area (Å²) in [6, 6.07) is 9.08. The van der Waals surface area contributed by atoms with E-state index in [0.29, 0.717) is 12.1 Å². The molecule has 1 atom stereocenters. The van der Waals surface area contributed by atoms with Crippen LogP contribution in [0.5, 0.6) is 0 Å². The van der Waals surface area contributed by atoms with Crippen molar-refractivity contribution in [1.82, 2.24) is 15.1 Å². The number of benzene rings is 1. The second-order valence-corrected chi connectivity index (χ2v) is 6.84. The van der Waals surface area contributed by atoms with Gasteiger partial charge >= 0.3 is 0 Å². The number of piperidine rings is 1. The van der Waals surface area contributed by atoms with Crippen LogP contribution in [0.1, 0.15) is 51.8 Å². The highest BCUT2D eigenvalue weighted by Gasteiger charge is 2.30. The number of rotatable bonds is 3. The maximum absolute atomic E-state index is 12.8. The topological polar surface area (TPSA) is 92.1 Å². The fourth-order valence-corrected chi connectivity index (χ4v) is 3.25. The lowest BCUT2D eigenvalue weighted by Crippen LogP contribution is -2.38. The van der Waals surface area contributed by atoms with Crippen LogP contribution in [0.3, 0.4) is 0 Å². The van der Waals surface area contributed by atoms with E-state index in [-0.39, 0.29) is 17.6 Å². The summed E-state index contributed by atoms with van der Waals surface area (Å²) < 4.78 is 1.09. The number of carbonyl (C=O) groups excluding carboxylic acids is 2. The van der Waals surface area contributed by atoms with E-state index in [1.54, 1.807) is 6.07 Å². The van der Waals surface area contributed by atoms with Gasteiger partial charge in [-0.2, -0.15) is 5.10 Å². The summed E-state index contributed by atoms with van der Waals surface area (Å²) >= 11 is 2.21. The SMILES string of the molecule is NC(=O)c1cc(C2CCCCN2C(=O)c2ccc(I)cc2)[nH]n1. The normalized spacial score (nSPS) is 18.0. The van der Waals surface area contributed by atoms with E-state index >= 15 is 0 Å². The Morgan fingerprint density at radius 1 is 1.26 bits per heavy atom. The molecule has 1 aliphatic rings. The molecule has 0 radical (unpaired) electrons. The fraction of sp³-hybridized carbons (Fsp3) is 0.312. The molecular formula is C16H17IN4O2. The van der Waals surface area contributed by atoms with Crippen LogP contribution >= 0.6 is 22.6 Å². The molecule has 3 N–H and O–H groups in total. The molecular weight excluding hydrogens is 407 g/mol. The molecule has 2 aromatic rings. The number of aromatic nitrogens is 2. The lowest BCUT2D eigenvalue weighted by molar-refractivity contribution is 0.0606. The van der Waals surface area contributed by atoms with Crippen molar-refractivity contribution < 1.29 is 9.59 Å². The van der Waals surface area contributed by atoms with Crippen molar-refractivity contribution in [3.05, 3.63) is 50.9 Å². The van der Waals surface area contributed by atoms with Gasteiger partial charge in [-0.25, -0.2) is 0 Å². The zero-order chi connectivity index (χ0) is 16.4. The average Bonchev–Trinajstić information content (AvgIpc) is 3.05. The molecule has 120 valence electrons. The number of nitrogens with one attached hydrogen (secondary N) is 1. The molecule has 0 spiro atoms. The molecule has 1 saturated heterocycles. The van der Waals surface area contributed by atoms with Crippen molar-refractivity contribution in [1.29, 1.82) is 0 Å². The maximum atomic E-state index is 12.8. The molecule has 1 fully saturated rings. The van der Waals surface area contributed by atoms with Gasteiger partial charge in [0.25, 0.3) is 11.8 Å². The molecule has 1 unspecified atom stereocenters. The molecule has 7 heteroatoms. The minimum Gasteiger partial charge on any atom is -0.364 e. The van der Waals surface area contributed by atoms with Crippen molar-refractivity contribution in [3.63, 3.8) is 0 Å². The fourth-order valence-electron chi connectivity index (χ4n) is 2.89. The minimum atomic E-state index is -0.571. The second-order valence-electron chi connectivity index (χ2n) is 5.59. The first-order valence-corrected chi connectivity index (χ1v) is 8.56. The number of nitrogens with two attached hydrogens (primary N) is 1. The van der Waals surface area contributed by atoms with Gasteiger partial charge in [-0.1, -0.05) is 0 Å². The molecule has 1 aliphatic heterocycles. The van der Waals surface area contributed by atoms with Gasteiger partial charge in [0, 0.05) is 15.7 Å². The zero-order valence-corrected chi connectivity index (χ0v) is 14.6. The number of likely N-dealkylation sites (tertiary alicyclic amines) is 1. The Labute approximate surface area is 147 Å². The predicted molar refractivity (Wildman–Crippen MR) is 93.9 cm³/mol. The van der Waals surface area contributed by atoms with Crippen molar-refractivity contribution in [2.24, 2.45) is 5.73 Å². The van der Waals surface area contributed by atoms with Crippen molar-refractivity contribution in [2.45, 2.75) is 25.3 Å². The number of primary amides is 1. The average molecular weight is 424 g/mol. The number of H-pyrrole nitrogens is 1. The maximum Gasteiger partial charge on any atom is 0.269 e. The van der Waals surface area contributed by atoms with Crippen molar-refractivity contribution in [3.8, 4) is 0 Å². The van der Waals surface area contributed by atoms with Gasteiger partial charge in [0.2, 0.25) is 0 Å². The van der Waals surface area contributed by atoms with Gasteiger partial charge in [-0.05, 0) is 72.2 Å². The Morgan fingerprint density at radius 2 is 2.00 bits per heavy atom. The first-order chi connectivity index (χ1) is 11.1. The van der Waals surface area contributed by atoms with Gasteiger partial charge in [-0.15, -0.1) is 0 Å². The van der Waals surface area contributed by atoms with Gasteiger partial charge in [0.1, 0.15) is 5.69 Å². The quantitative estimate of drug-likeness (QED) is 0.742. The summed E-state index contributed by atoms with van der Waals surface area (Å²) in [4.78, 5) is 25.9. The number of amides is 2. The summed E-state index contributed by atoms with van der Waals surface area (Å²) in [5.41, 5.74) is 6.89. The monoisotopic (exact) mass is 424 g/mol. The summed E-state index contributed by atoms with van der Waals surface area (Å²) in [6.45, 7) is 0.695. The van der Waals surface area contributed by atoms with E-state index in [2.05, 4.69) is 32.8 Å². The smallest absolute Gasteiger partial charge is 0.269 e. The Balaban J connectivity index is 1.87. The van der Waals surface area contributed by atoms with Crippen LogP contribution in [0.4, 0.5) is 0 Å². The number of hydrogen-bond donors (Lipinski definition) is 2. The number of hydrogen-bond acceptors (Lipinski definition) is 3. The number of aromatic amines is 1. The summed E-state index contributed by atoms with van der Waals surface area (Å²) in [6.07, 6.45) is 2.85. The van der Waals surface area contributed by atoms with E-state index in [1.165, 1.54) is 0 Å². The zero-order valence-electron chi connectivity index (χ0n) is 12.5. The lowest BCUT2D eigenvalue weighted by atomic mass is 9.98. The van der Waals surface area contributed by atoms with Crippen molar-refractivity contribution in [2.75, 3.05) is 6.54 Å². The molecule has 1 aromatic heterocycles. The molecule has 2 heterocycles. The molecule has 3 rings (SSSR count). The molecule has 1 aromatic carbocycles. The third-order valence-electron chi connectivity index (χ3n) is 4.06. The highest BCUT2D eigenvalue weighted by molar-refractivity contribution is 14.1. The van der Waals surface area contributed by atoms with E-state index in [9.17, 15) is 9.59 Å². The van der Waals surface area contributed by atoms with Crippen LogP contribution < -0.4 is 5.73 Å². The highest BCUT2D eigenvalue weighted by atomic mass is 127. The van der Waals surface area contributed by atoms with Gasteiger partial charge in [0.15, 0.2) is 0 Å². The number of carbonyl (C=O) groups is 2. The van der Waals surface area contributed by atoms with Crippen LogP contribution in [0, 0.1) is 3.57 Å². The van der Waals surface area contributed by atoms with Gasteiger partial charge in [0.05, 0.1) is 11.7 Å². The third-order valence-corrected chi connectivity index (χ3v) is 4.78. The summed E-state index contributed by atoms with van der Waals surface area (Å²) in [7, 11) is 0. The molecule has 23 heavy (non-hydrogen) atoms. The molecule has 0 saturated carbocycles. The Hall–Kier alpha value is -1.90. The Bertz CT molecular complexity index is 726. The van der Waals surface area contributed by atoms with E-state index in [0.717, 1.165) is 28.5 Å². The van der Waals surface area contributed by atoms with Gasteiger partial charge in [-0.3, -0.25) is 14.7 Å². The number of nitrogens with zero attached hydrogens (tertiary/aromatic N) is 2. The lowest BCUT2D eigenvalue weighted by Gasteiger charge is -2.35. The van der Waals surface area contributed by atoms with Crippen LogP contribution in [0.15, 0.2) is 30.3 Å². The van der Waals surface area contributed by atoms with Crippen LogP contribution in [0.2, 0.25) is 0 Å². The second kappa shape index (κ2) is 6.69. The molecule has 0 aliphatic carbocycles. The summed E-state index contributed by atoms with van der Waals surface area (Å²) in [5, 5.41) is 6.79. The number of halogens is 1. The molecule has 0 bridgehead atoms. The van der Waals surface area contributed by atoms with E-state index in [1.807, 2.05) is 29.2 Å². The standard InChI is InChI=1S/C16H17IN4O2/c17-11-6-4-10(5-7-11)16(23)21-8-2-1-3-14(21)12-9-13(15(18)22)20-19-12/h4-7,9,14H,1-3,8H2,(H2,18,22)(H,19,20). The Kier molecular flexibility index (Phi) is 4.65. The first-order valence-electron chi connectivity index (χ1n) is 7.48. The van der Waals surface area contributed by atoms with E-state index < -0.39 is 5.91 Å². The molecule has 2 amide bonds. The largest absolute Gasteiger partial charge is 0.364 e. The Morgan fingerprint density at radius 3 is 2.65 bits per heavy atom. The third kappa shape index (κ3) is 3.39. The van der Waals surface area contributed by atoms with Crippen LogP contribution in [0.25, 0.3) is 0 Å². The van der Waals surface area contributed by atoms with Crippen LogP contribution in [-0.2, 0) is 0 Å². The molecule has 6 nitrogen and oxygen atoms in total. The van der Waals surface area contributed by atoms with Gasteiger partial charge < -0.3 is 10.6 Å². The summed E-state index contributed by atoms with van der Waals surface area (Å²) in [5.74, 6) is -0.569. The van der Waals surface area contributed by atoms with Crippen LogP contribution in [-0.4, -0.2) is 33.5 Å². The highest BCUT2D eigenvalue weighted by Crippen LogP contribution is 2.31. The predicted octanol–water partition coefficient (Wildman–Crippen LogP) is 2.48. The van der Waals surface area contributed by atoms with E-state index in [4.69, 9.17) is 5.73 Å². The minimum absolute atomic E-state index is 0.00123. The first kappa shape index (κ1) is 16.0.